The second-order valence-corrected chi connectivity index (χ2v) is 8.71. The van der Waals surface area contributed by atoms with Crippen LogP contribution in [0.1, 0.15) is 46.6 Å². The summed E-state index contributed by atoms with van der Waals surface area (Å²) in [5.41, 5.74) is -0.00365. The van der Waals surface area contributed by atoms with Gasteiger partial charge in [0.2, 0.25) is 10.0 Å². The molecule has 9 nitrogen and oxygen atoms in total. The van der Waals surface area contributed by atoms with E-state index in [0.717, 1.165) is 25.7 Å². The number of ether oxygens (including phenoxy) is 1. The highest BCUT2D eigenvalue weighted by molar-refractivity contribution is 7.89. The first-order valence-electron chi connectivity index (χ1n) is 9.53. The number of carbonyl (C=O) groups is 3. The second-order valence-electron chi connectivity index (χ2n) is 6.78. The zero-order valence-electron chi connectivity index (χ0n) is 16.2. The Bertz CT molecular complexity index is 1010. The fourth-order valence-electron chi connectivity index (χ4n) is 3.06. The molecule has 1 aliphatic heterocycles. The monoisotopic (exact) mass is 434 g/mol. The molecule has 0 radical (unpaired) electrons. The van der Waals surface area contributed by atoms with Crippen LogP contribution in [-0.2, 0) is 19.6 Å². The third-order valence-electron chi connectivity index (χ3n) is 4.60. The largest absolute Gasteiger partial charge is 0.459 e. The van der Waals surface area contributed by atoms with Crippen molar-refractivity contribution in [3.05, 3.63) is 54.0 Å². The van der Waals surface area contributed by atoms with Crippen molar-refractivity contribution in [3.8, 4) is 0 Å². The molecular formula is C20H22N2O7S. The summed E-state index contributed by atoms with van der Waals surface area (Å²) in [4.78, 5) is 35.8. The van der Waals surface area contributed by atoms with E-state index in [4.69, 9.17) is 9.15 Å². The highest BCUT2D eigenvalue weighted by Gasteiger charge is 2.26. The van der Waals surface area contributed by atoms with E-state index >= 15 is 0 Å². The SMILES string of the molecule is O=C(COC(=O)c1cccc(S(=O)(=O)N2CCCCCC2)c1)NC(=O)c1ccco1. The highest BCUT2D eigenvalue weighted by atomic mass is 32.2. The Kier molecular flexibility index (Phi) is 7.01. The first kappa shape index (κ1) is 21.7. The molecule has 160 valence electrons. The van der Waals surface area contributed by atoms with Gasteiger partial charge in [0, 0.05) is 13.1 Å². The molecule has 2 aromatic rings. The van der Waals surface area contributed by atoms with Crippen LogP contribution in [0.2, 0.25) is 0 Å². The van der Waals surface area contributed by atoms with Gasteiger partial charge in [0.05, 0.1) is 16.7 Å². The maximum absolute atomic E-state index is 12.9. The van der Waals surface area contributed by atoms with Gasteiger partial charge in [-0.1, -0.05) is 18.9 Å². The van der Waals surface area contributed by atoms with Crippen molar-refractivity contribution in [2.75, 3.05) is 19.7 Å². The van der Waals surface area contributed by atoms with Gasteiger partial charge in [-0.2, -0.15) is 4.31 Å². The Hall–Kier alpha value is -2.98. The van der Waals surface area contributed by atoms with Gasteiger partial charge in [-0.25, -0.2) is 13.2 Å². The third-order valence-corrected chi connectivity index (χ3v) is 6.50. The van der Waals surface area contributed by atoms with Crippen LogP contribution in [0, 0.1) is 0 Å². The van der Waals surface area contributed by atoms with Gasteiger partial charge >= 0.3 is 5.97 Å². The molecule has 3 rings (SSSR count). The number of benzene rings is 1. The topological polar surface area (TPSA) is 123 Å². The highest BCUT2D eigenvalue weighted by Crippen LogP contribution is 2.21. The predicted molar refractivity (Wildman–Crippen MR) is 105 cm³/mol. The third kappa shape index (κ3) is 5.33. The summed E-state index contributed by atoms with van der Waals surface area (Å²) in [6.07, 6.45) is 4.86. The minimum absolute atomic E-state index is 0.00343. The number of hydrogen-bond acceptors (Lipinski definition) is 7. The molecule has 1 aliphatic rings. The molecule has 2 heterocycles. The lowest BCUT2D eigenvalue weighted by atomic mass is 10.2. The van der Waals surface area contributed by atoms with Gasteiger partial charge in [0.25, 0.3) is 11.8 Å². The van der Waals surface area contributed by atoms with Gasteiger partial charge in [0.15, 0.2) is 12.4 Å². The maximum Gasteiger partial charge on any atom is 0.338 e. The van der Waals surface area contributed by atoms with E-state index < -0.39 is 34.4 Å². The lowest BCUT2D eigenvalue weighted by Gasteiger charge is -2.20. The van der Waals surface area contributed by atoms with Crippen LogP contribution in [0.5, 0.6) is 0 Å². The molecule has 0 spiro atoms. The van der Waals surface area contributed by atoms with Crippen molar-refractivity contribution in [1.29, 1.82) is 0 Å². The smallest absolute Gasteiger partial charge is 0.338 e. The lowest BCUT2D eigenvalue weighted by Crippen LogP contribution is -2.34. The first-order valence-corrected chi connectivity index (χ1v) is 11.0. The van der Waals surface area contributed by atoms with E-state index in [0.29, 0.717) is 13.1 Å². The summed E-state index contributed by atoms with van der Waals surface area (Å²) in [5, 5.41) is 2.02. The summed E-state index contributed by atoms with van der Waals surface area (Å²) in [6, 6.07) is 8.37. The summed E-state index contributed by atoms with van der Waals surface area (Å²) in [5.74, 6) is -2.52. The van der Waals surface area contributed by atoms with Gasteiger partial charge in [0.1, 0.15) is 0 Å². The average Bonchev–Trinajstić information content (AvgIpc) is 3.14. The standard InChI is InChI=1S/C20H22N2O7S/c23-18(21-19(24)17-9-6-12-28-17)14-29-20(25)15-7-5-8-16(13-15)30(26,27)22-10-3-1-2-4-11-22/h5-9,12-13H,1-4,10-11,14H2,(H,21,23,24). The summed E-state index contributed by atoms with van der Waals surface area (Å²) in [7, 11) is -3.72. The van der Waals surface area contributed by atoms with E-state index in [1.807, 2.05) is 5.32 Å². The Balaban J connectivity index is 1.61. The number of carbonyl (C=O) groups excluding carboxylic acids is 3. The number of nitrogens with zero attached hydrogens (tertiary/aromatic N) is 1. The normalized spacial score (nSPS) is 15.2. The molecule has 2 amide bonds. The lowest BCUT2D eigenvalue weighted by molar-refractivity contribution is -0.123. The van der Waals surface area contributed by atoms with Crippen molar-refractivity contribution in [3.63, 3.8) is 0 Å². The average molecular weight is 434 g/mol. The van der Waals surface area contributed by atoms with Gasteiger partial charge in [-0.05, 0) is 43.2 Å². The van der Waals surface area contributed by atoms with Crippen molar-refractivity contribution in [1.82, 2.24) is 9.62 Å². The van der Waals surface area contributed by atoms with Gasteiger partial charge in [-0.15, -0.1) is 0 Å². The zero-order valence-corrected chi connectivity index (χ0v) is 17.0. The van der Waals surface area contributed by atoms with Crippen LogP contribution >= 0.6 is 0 Å². The van der Waals surface area contributed by atoms with Gasteiger partial charge in [-0.3, -0.25) is 14.9 Å². The molecule has 1 aromatic carbocycles. The number of esters is 1. The minimum Gasteiger partial charge on any atom is -0.459 e. The molecular weight excluding hydrogens is 412 g/mol. The summed E-state index contributed by atoms with van der Waals surface area (Å²) >= 11 is 0. The molecule has 10 heteroatoms. The number of hydrogen-bond donors (Lipinski definition) is 1. The zero-order chi connectivity index (χ0) is 21.6. The van der Waals surface area contributed by atoms with E-state index in [-0.39, 0.29) is 16.2 Å². The Labute approximate surface area is 174 Å². The van der Waals surface area contributed by atoms with E-state index in [1.54, 1.807) is 0 Å². The molecule has 1 fully saturated rings. The molecule has 0 bridgehead atoms. The van der Waals surface area contributed by atoms with Crippen molar-refractivity contribution in [2.24, 2.45) is 0 Å². The number of amides is 2. The summed E-state index contributed by atoms with van der Waals surface area (Å²) in [6.45, 7) is 0.191. The number of rotatable bonds is 6. The fourth-order valence-corrected chi connectivity index (χ4v) is 4.62. The Morgan fingerprint density at radius 2 is 1.77 bits per heavy atom. The molecule has 1 saturated heterocycles. The number of nitrogens with one attached hydrogen (secondary N) is 1. The number of furan rings is 1. The van der Waals surface area contributed by atoms with Crippen molar-refractivity contribution in [2.45, 2.75) is 30.6 Å². The molecule has 1 N–H and O–H groups in total. The predicted octanol–water partition coefficient (Wildman–Crippen LogP) is 1.96. The van der Waals surface area contributed by atoms with Crippen LogP contribution in [0.3, 0.4) is 0 Å². The van der Waals surface area contributed by atoms with Crippen molar-refractivity contribution >= 4 is 27.8 Å². The molecule has 0 unspecified atom stereocenters. The molecule has 0 saturated carbocycles. The van der Waals surface area contributed by atoms with Crippen LogP contribution in [0.4, 0.5) is 0 Å². The van der Waals surface area contributed by atoms with Crippen LogP contribution in [0.25, 0.3) is 0 Å². The molecule has 30 heavy (non-hydrogen) atoms. The Morgan fingerprint density at radius 3 is 2.43 bits per heavy atom. The van der Waals surface area contributed by atoms with E-state index in [9.17, 15) is 22.8 Å². The number of imide groups is 1. The fraction of sp³-hybridized carbons (Fsp3) is 0.350. The van der Waals surface area contributed by atoms with Crippen LogP contribution in [0.15, 0.2) is 52.0 Å². The summed E-state index contributed by atoms with van der Waals surface area (Å²) < 4.78 is 36.9. The van der Waals surface area contributed by atoms with Crippen molar-refractivity contribution < 1.29 is 32.0 Å². The quantitative estimate of drug-likeness (QED) is 0.690. The second kappa shape index (κ2) is 9.68. The minimum atomic E-state index is -3.72. The maximum atomic E-state index is 12.9. The number of sulfonamides is 1. The first-order chi connectivity index (χ1) is 14.4. The molecule has 0 aliphatic carbocycles. The Morgan fingerprint density at radius 1 is 1.03 bits per heavy atom. The van der Waals surface area contributed by atoms with Crippen LogP contribution < -0.4 is 5.32 Å². The molecule has 0 atom stereocenters. The van der Waals surface area contributed by atoms with E-state index in [1.165, 1.54) is 47.0 Å². The van der Waals surface area contributed by atoms with Crippen LogP contribution in [-0.4, -0.2) is 50.2 Å². The van der Waals surface area contributed by atoms with E-state index in [2.05, 4.69) is 0 Å². The van der Waals surface area contributed by atoms with Gasteiger partial charge < -0.3 is 9.15 Å². The molecule has 1 aromatic heterocycles.